The molecule has 2 amide bonds. The van der Waals surface area contributed by atoms with Crippen LogP contribution in [0.25, 0.3) is 0 Å². The van der Waals surface area contributed by atoms with Crippen molar-refractivity contribution in [3.05, 3.63) is 95.4 Å². The van der Waals surface area contributed by atoms with Gasteiger partial charge in [-0.05, 0) is 93.7 Å². The monoisotopic (exact) mass is 767 g/mol. The van der Waals surface area contributed by atoms with E-state index in [0.717, 1.165) is 68.5 Å². The van der Waals surface area contributed by atoms with E-state index in [9.17, 15) is 4.79 Å². The number of carbonyl (C=O) groups is 1. The average molecular weight is 768 g/mol. The summed E-state index contributed by atoms with van der Waals surface area (Å²) in [6.45, 7) is 10.4. The van der Waals surface area contributed by atoms with Crippen LogP contribution in [0.2, 0.25) is 0 Å². The fourth-order valence-corrected chi connectivity index (χ4v) is 7.33. The first-order valence-electron chi connectivity index (χ1n) is 20.0. The minimum Gasteiger partial charge on any atom is -0.491 e. The van der Waals surface area contributed by atoms with Crippen LogP contribution in [0.1, 0.15) is 102 Å². The number of nitrogens with two attached hydrogens (primary N) is 1. The number of quaternary nitrogens is 1. The Balaban J connectivity index is 1.10. The topological polar surface area (TPSA) is 174 Å². The summed E-state index contributed by atoms with van der Waals surface area (Å²) in [5, 5.41) is 34.2. The van der Waals surface area contributed by atoms with Gasteiger partial charge in [0.05, 0.1) is 18.8 Å². The zero-order chi connectivity index (χ0) is 39.7. The lowest BCUT2D eigenvalue weighted by atomic mass is 9.85. The summed E-state index contributed by atoms with van der Waals surface area (Å²) in [6.07, 6.45) is 10.6. The Morgan fingerprint density at radius 2 is 1.75 bits per heavy atom. The van der Waals surface area contributed by atoms with Gasteiger partial charge in [-0.3, -0.25) is 26.0 Å². The Bertz CT molecular complexity index is 1930. The molecule has 0 radical (unpaired) electrons. The SMILES string of the molecule is CC1CCCCN1C(=N)n1cc(OC2CCC(NC(=O)NC(=CC(=N)C(C)(C)C)[NH2+]c3cccc(OCCOC4CCCCO4)c3)c3ccccc32)ccc1=N. The molecule has 3 heterocycles. The number of nitrogens with one attached hydrogen (secondary N) is 5. The quantitative estimate of drug-likeness (QED) is 0.0524. The van der Waals surface area contributed by atoms with Crippen LogP contribution < -0.4 is 30.9 Å². The summed E-state index contributed by atoms with van der Waals surface area (Å²) in [5.41, 5.74) is 2.95. The van der Waals surface area contributed by atoms with Crippen molar-refractivity contribution < 1.29 is 29.1 Å². The lowest BCUT2D eigenvalue weighted by molar-refractivity contribution is -0.522. The van der Waals surface area contributed by atoms with Crippen molar-refractivity contribution in [1.29, 1.82) is 16.2 Å². The van der Waals surface area contributed by atoms with Gasteiger partial charge in [-0.15, -0.1) is 0 Å². The second-order valence-corrected chi connectivity index (χ2v) is 15.9. The van der Waals surface area contributed by atoms with Gasteiger partial charge in [-0.2, -0.15) is 0 Å². The fraction of sp³-hybridized carbons (Fsp3) is 0.488. The van der Waals surface area contributed by atoms with Gasteiger partial charge in [0.15, 0.2) is 6.29 Å². The molecule has 7 N–H and O–H groups in total. The number of carbonyl (C=O) groups excluding carboxylic acids is 1. The van der Waals surface area contributed by atoms with E-state index in [4.69, 9.17) is 35.2 Å². The number of aromatic nitrogens is 1. The standard InChI is InChI=1S/C43H58N8O5/c1-29-12-7-9-22-50(29)41(46)51-28-32(18-21-38(51)45)56-36-20-19-35(33-15-5-6-16-34(33)36)48-42(52)49-39(27-37(44)43(2,3)4)47-30-13-11-14-31(26-30)53-24-25-55-40-17-8-10-23-54-40/h5-6,11,13-16,18,21,26-29,35-36,40,44-47H,7-10,12,17,19-20,22-25H2,1-4H3,(H2,48,49,52)/p+1. The van der Waals surface area contributed by atoms with E-state index in [0.29, 0.717) is 55.0 Å². The van der Waals surface area contributed by atoms with E-state index in [-0.39, 0.29) is 36.0 Å². The van der Waals surface area contributed by atoms with Gasteiger partial charge in [-0.1, -0.05) is 51.1 Å². The molecule has 0 spiro atoms. The van der Waals surface area contributed by atoms with Crippen LogP contribution in [0.15, 0.2) is 78.8 Å². The van der Waals surface area contributed by atoms with Crippen LogP contribution in [-0.2, 0) is 9.47 Å². The van der Waals surface area contributed by atoms with Crippen molar-refractivity contribution in [2.24, 2.45) is 5.41 Å². The number of fused-ring (bicyclic) bond motifs is 1. The van der Waals surface area contributed by atoms with Gasteiger partial charge in [0, 0.05) is 42.5 Å². The lowest BCUT2D eigenvalue weighted by Gasteiger charge is -2.36. The van der Waals surface area contributed by atoms with Gasteiger partial charge < -0.3 is 34.6 Å². The average Bonchev–Trinajstić information content (AvgIpc) is 3.18. The van der Waals surface area contributed by atoms with E-state index in [2.05, 4.69) is 22.5 Å². The molecule has 6 rings (SSSR count). The number of hydrogen-bond donors (Lipinski definition) is 6. The highest BCUT2D eigenvalue weighted by atomic mass is 16.7. The molecule has 13 nitrogen and oxygen atoms in total. The van der Waals surface area contributed by atoms with E-state index in [1.807, 2.05) is 74.6 Å². The molecule has 3 aromatic rings. The van der Waals surface area contributed by atoms with E-state index < -0.39 is 5.41 Å². The molecule has 1 aromatic heterocycles. The molecule has 2 saturated heterocycles. The van der Waals surface area contributed by atoms with Crippen molar-refractivity contribution in [3.8, 4) is 11.5 Å². The first kappa shape index (κ1) is 40.7. The number of urea groups is 1. The first-order chi connectivity index (χ1) is 26.9. The number of rotatable bonds is 12. The number of amides is 2. The fourth-order valence-electron chi connectivity index (χ4n) is 7.33. The third-order valence-electron chi connectivity index (χ3n) is 10.6. The van der Waals surface area contributed by atoms with Gasteiger partial charge in [0.2, 0.25) is 11.8 Å². The summed E-state index contributed by atoms with van der Waals surface area (Å²) >= 11 is 0. The van der Waals surface area contributed by atoms with E-state index >= 15 is 0 Å². The Morgan fingerprint density at radius 1 is 0.946 bits per heavy atom. The van der Waals surface area contributed by atoms with Gasteiger partial charge in [-0.25, -0.2) is 4.79 Å². The maximum Gasteiger partial charge on any atom is 0.323 e. The van der Waals surface area contributed by atoms with E-state index in [1.165, 1.54) is 0 Å². The highest BCUT2D eigenvalue weighted by Gasteiger charge is 2.30. The van der Waals surface area contributed by atoms with Gasteiger partial charge >= 0.3 is 6.03 Å². The minimum atomic E-state index is -0.423. The molecular weight excluding hydrogens is 709 g/mol. The summed E-state index contributed by atoms with van der Waals surface area (Å²) in [5.74, 6) is 2.04. The number of nitrogens with zero attached hydrogens (tertiary/aromatic N) is 2. The molecule has 1 aliphatic carbocycles. The van der Waals surface area contributed by atoms with Crippen LogP contribution in [0, 0.1) is 21.6 Å². The second-order valence-electron chi connectivity index (χ2n) is 15.9. The molecule has 4 atom stereocenters. The maximum absolute atomic E-state index is 13.7. The summed E-state index contributed by atoms with van der Waals surface area (Å²) in [7, 11) is 0. The number of benzene rings is 2. The maximum atomic E-state index is 13.7. The highest BCUT2D eigenvalue weighted by molar-refractivity contribution is 5.97. The Labute approximate surface area is 330 Å². The zero-order valence-corrected chi connectivity index (χ0v) is 33.2. The molecule has 13 heteroatoms. The molecule has 2 fully saturated rings. The summed E-state index contributed by atoms with van der Waals surface area (Å²) in [4.78, 5) is 15.8. The number of piperidine rings is 1. The predicted octanol–water partition coefficient (Wildman–Crippen LogP) is 6.60. The van der Waals surface area contributed by atoms with Crippen LogP contribution in [0.5, 0.6) is 11.5 Å². The van der Waals surface area contributed by atoms with Crippen LogP contribution >= 0.6 is 0 Å². The zero-order valence-electron chi connectivity index (χ0n) is 33.2. The van der Waals surface area contributed by atoms with Crippen molar-refractivity contribution in [1.82, 2.24) is 20.1 Å². The van der Waals surface area contributed by atoms with Crippen molar-refractivity contribution in [3.63, 3.8) is 0 Å². The smallest absolute Gasteiger partial charge is 0.323 e. The summed E-state index contributed by atoms with van der Waals surface area (Å²) in [6, 6.07) is 18.7. The van der Waals surface area contributed by atoms with Gasteiger partial charge in [0.1, 0.15) is 35.4 Å². The molecule has 3 aliphatic rings. The molecule has 0 bridgehead atoms. The van der Waals surface area contributed by atoms with Crippen LogP contribution in [0.3, 0.4) is 0 Å². The first-order valence-corrected chi connectivity index (χ1v) is 20.0. The third-order valence-corrected chi connectivity index (χ3v) is 10.6. The molecular formula is C43H59N8O5+. The molecule has 2 aromatic carbocycles. The van der Waals surface area contributed by atoms with Crippen LogP contribution in [-0.4, -0.2) is 65.9 Å². The molecule has 2 aliphatic heterocycles. The van der Waals surface area contributed by atoms with Gasteiger partial charge in [0.25, 0.3) is 0 Å². The molecule has 300 valence electrons. The largest absolute Gasteiger partial charge is 0.491 e. The van der Waals surface area contributed by atoms with Crippen LogP contribution in [0.4, 0.5) is 10.5 Å². The van der Waals surface area contributed by atoms with E-state index in [1.54, 1.807) is 29.0 Å². The van der Waals surface area contributed by atoms with Crippen molar-refractivity contribution >= 4 is 23.4 Å². The third kappa shape index (κ3) is 10.9. The number of pyridine rings is 1. The number of hydrogen-bond acceptors (Lipinski definition) is 8. The molecule has 56 heavy (non-hydrogen) atoms. The summed E-state index contributed by atoms with van der Waals surface area (Å²) < 4.78 is 25.6. The van der Waals surface area contributed by atoms with Crippen molar-refractivity contribution in [2.75, 3.05) is 26.4 Å². The number of ether oxygens (including phenoxy) is 4. The Hall–Kier alpha value is -4.98. The number of allylic oxidation sites excluding steroid dienone is 1. The lowest BCUT2D eigenvalue weighted by Crippen LogP contribution is -2.79. The predicted molar refractivity (Wildman–Crippen MR) is 215 cm³/mol. The normalized spacial score (nSPS) is 21.4. The second kappa shape index (κ2) is 18.8. The number of likely N-dealkylation sites (tertiary alicyclic amines) is 1. The molecule has 4 unspecified atom stereocenters. The van der Waals surface area contributed by atoms with Crippen molar-refractivity contribution in [2.45, 2.75) is 104 Å². The molecule has 0 saturated carbocycles. The Morgan fingerprint density at radius 3 is 2.52 bits per heavy atom. The Kier molecular flexibility index (Phi) is 13.6. The highest BCUT2D eigenvalue weighted by Crippen LogP contribution is 2.38. The minimum absolute atomic E-state index is 0.164.